The molecule has 2 heterocycles. The molecule has 0 atom stereocenters. The van der Waals surface area contributed by atoms with Crippen molar-refractivity contribution in [3.8, 4) is 5.69 Å². The minimum atomic E-state index is -0.172. The smallest absolute Gasteiger partial charge is 0.255 e. The number of aryl methyl sites for hydroxylation is 1. The monoisotopic (exact) mass is 378 g/mol. The molecule has 2 aromatic heterocycles. The van der Waals surface area contributed by atoms with Crippen molar-refractivity contribution in [3.63, 3.8) is 0 Å². The van der Waals surface area contributed by atoms with Crippen LogP contribution < -0.4 is 5.32 Å². The summed E-state index contributed by atoms with van der Waals surface area (Å²) in [5, 5.41) is 3.93. The molecule has 140 valence electrons. The highest BCUT2D eigenvalue weighted by molar-refractivity contribution is 6.09. The van der Waals surface area contributed by atoms with Gasteiger partial charge in [-0.2, -0.15) is 0 Å². The Morgan fingerprint density at radius 3 is 2.62 bits per heavy atom. The second-order valence-corrected chi connectivity index (χ2v) is 6.93. The predicted molar refractivity (Wildman–Crippen MR) is 116 cm³/mol. The van der Waals surface area contributed by atoms with E-state index in [4.69, 9.17) is 0 Å². The van der Waals surface area contributed by atoms with Crippen LogP contribution in [0, 0.1) is 6.92 Å². The van der Waals surface area contributed by atoms with E-state index in [1.807, 2.05) is 90.4 Å². The summed E-state index contributed by atoms with van der Waals surface area (Å²) in [4.78, 5) is 21.9. The van der Waals surface area contributed by atoms with E-state index in [0.717, 1.165) is 39.0 Å². The van der Waals surface area contributed by atoms with Gasteiger partial charge in [0.1, 0.15) is 6.33 Å². The first-order valence-corrected chi connectivity index (χ1v) is 9.39. The van der Waals surface area contributed by atoms with Gasteiger partial charge in [0.2, 0.25) is 0 Å². The van der Waals surface area contributed by atoms with E-state index >= 15 is 0 Å². The molecule has 0 unspecified atom stereocenters. The standard InChI is InChI=1S/C24H18N4O/c1-16-10-12-19-20(26-16)8-5-9-21(19)27-24(29)17-11-13-23-22(14-17)25-15-28(23)18-6-3-2-4-7-18/h2-15H,1H3,(H,27,29). The fourth-order valence-corrected chi connectivity index (χ4v) is 3.51. The van der Waals surface area contributed by atoms with Crippen LogP contribution >= 0.6 is 0 Å². The first-order valence-electron chi connectivity index (χ1n) is 9.39. The molecule has 5 heteroatoms. The predicted octanol–water partition coefficient (Wildman–Crippen LogP) is 5.13. The van der Waals surface area contributed by atoms with Gasteiger partial charge < -0.3 is 5.32 Å². The molecule has 0 bridgehead atoms. The number of fused-ring (bicyclic) bond motifs is 2. The molecular weight excluding hydrogens is 360 g/mol. The summed E-state index contributed by atoms with van der Waals surface area (Å²) < 4.78 is 2.01. The third kappa shape index (κ3) is 3.12. The fraction of sp³-hybridized carbons (Fsp3) is 0.0417. The number of rotatable bonds is 3. The highest BCUT2D eigenvalue weighted by Crippen LogP contribution is 2.24. The fourth-order valence-electron chi connectivity index (χ4n) is 3.51. The van der Waals surface area contributed by atoms with Crippen molar-refractivity contribution in [3.05, 3.63) is 96.4 Å². The third-order valence-corrected chi connectivity index (χ3v) is 4.96. The maximum absolute atomic E-state index is 12.9. The molecular formula is C24H18N4O. The van der Waals surface area contributed by atoms with Crippen molar-refractivity contribution >= 4 is 33.5 Å². The molecule has 1 amide bonds. The zero-order valence-electron chi connectivity index (χ0n) is 15.8. The van der Waals surface area contributed by atoms with Crippen molar-refractivity contribution in [2.45, 2.75) is 6.92 Å². The number of imidazole rings is 1. The summed E-state index contributed by atoms with van der Waals surface area (Å²) >= 11 is 0. The van der Waals surface area contributed by atoms with Gasteiger partial charge in [0.05, 0.1) is 22.2 Å². The number of aromatic nitrogens is 3. The number of carbonyl (C=O) groups is 1. The molecule has 29 heavy (non-hydrogen) atoms. The highest BCUT2D eigenvalue weighted by Gasteiger charge is 2.12. The number of benzene rings is 3. The molecule has 5 aromatic rings. The number of amides is 1. The Bertz CT molecular complexity index is 1360. The number of hydrogen-bond donors (Lipinski definition) is 1. The molecule has 0 radical (unpaired) electrons. The largest absolute Gasteiger partial charge is 0.321 e. The molecule has 0 saturated heterocycles. The molecule has 3 aromatic carbocycles. The maximum atomic E-state index is 12.9. The van der Waals surface area contributed by atoms with E-state index in [2.05, 4.69) is 15.3 Å². The van der Waals surface area contributed by atoms with Crippen molar-refractivity contribution in [1.82, 2.24) is 14.5 Å². The average Bonchev–Trinajstić information content (AvgIpc) is 3.17. The summed E-state index contributed by atoms with van der Waals surface area (Å²) in [6, 6.07) is 25.2. The number of hydrogen-bond acceptors (Lipinski definition) is 3. The van der Waals surface area contributed by atoms with Crippen LogP contribution in [0.3, 0.4) is 0 Å². The molecule has 5 nitrogen and oxygen atoms in total. The van der Waals surface area contributed by atoms with Crippen LogP contribution in [0.4, 0.5) is 5.69 Å². The number of para-hydroxylation sites is 1. The average molecular weight is 378 g/mol. The van der Waals surface area contributed by atoms with Gasteiger partial charge in [-0.05, 0) is 61.5 Å². The minimum absolute atomic E-state index is 0.172. The highest BCUT2D eigenvalue weighted by atomic mass is 16.1. The van der Waals surface area contributed by atoms with Gasteiger partial charge in [-0.3, -0.25) is 14.3 Å². The number of pyridine rings is 1. The van der Waals surface area contributed by atoms with E-state index in [0.29, 0.717) is 5.56 Å². The van der Waals surface area contributed by atoms with Gasteiger partial charge in [-0.1, -0.05) is 24.3 Å². The van der Waals surface area contributed by atoms with Crippen LogP contribution in [-0.4, -0.2) is 20.4 Å². The van der Waals surface area contributed by atoms with E-state index in [9.17, 15) is 4.79 Å². The molecule has 0 aliphatic heterocycles. The van der Waals surface area contributed by atoms with Gasteiger partial charge in [0, 0.05) is 22.3 Å². The van der Waals surface area contributed by atoms with Crippen molar-refractivity contribution in [2.24, 2.45) is 0 Å². The third-order valence-electron chi connectivity index (χ3n) is 4.96. The summed E-state index contributed by atoms with van der Waals surface area (Å²) in [6.07, 6.45) is 1.78. The molecule has 0 aliphatic carbocycles. The Morgan fingerprint density at radius 2 is 1.76 bits per heavy atom. The number of anilines is 1. The molecule has 0 spiro atoms. The van der Waals surface area contributed by atoms with Crippen LogP contribution in [0.2, 0.25) is 0 Å². The second-order valence-electron chi connectivity index (χ2n) is 6.93. The van der Waals surface area contributed by atoms with E-state index in [1.165, 1.54) is 0 Å². The Hall–Kier alpha value is -3.99. The van der Waals surface area contributed by atoms with E-state index in [-0.39, 0.29) is 5.91 Å². The van der Waals surface area contributed by atoms with Gasteiger partial charge in [-0.25, -0.2) is 4.98 Å². The van der Waals surface area contributed by atoms with Crippen LogP contribution in [0.25, 0.3) is 27.6 Å². The Morgan fingerprint density at radius 1 is 0.897 bits per heavy atom. The Kier molecular flexibility index (Phi) is 4.06. The normalized spacial score (nSPS) is 11.1. The number of carbonyl (C=O) groups excluding carboxylic acids is 1. The Balaban J connectivity index is 1.48. The lowest BCUT2D eigenvalue weighted by Gasteiger charge is -2.09. The molecule has 1 N–H and O–H groups in total. The quantitative estimate of drug-likeness (QED) is 0.473. The molecule has 0 aliphatic rings. The lowest BCUT2D eigenvalue weighted by atomic mass is 10.1. The molecule has 0 fully saturated rings. The van der Waals surface area contributed by atoms with Gasteiger partial charge in [0.15, 0.2) is 0 Å². The number of nitrogens with one attached hydrogen (secondary N) is 1. The molecule has 5 rings (SSSR count). The summed E-state index contributed by atoms with van der Waals surface area (Å²) in [7, 11) is 0. The van der Waals surface area contributed by atoms with Crippen LogP contribution in [0.5, 0.6) is 0 Å². The zero-order chi connectivity index (χ0) is 19.8. The summed E-state index contributed by atoms with van der Waals surface area (Å²) in [5.41, 5.74) is 5.88. The zero-order valence-corrected chi connectivity index (χ0v) is 15.8. The van der Waals surface area contributed by atoms with E-state index < -0.39 is 0 Å². The Labute approximate surface area is 167 Å². The maximum Gasteiger partial charge on any atom is 0.255 e. The SMILES string of the molecule is Cc1ccc2c(NC(=O)c3ccc4c(c3)ncn4-c3ccccc3)cccc2n1. The first kappa shape index (κ1) is 17.1. The second kappa shape index (κ2) is 6.87. The number of nitrogens with zero attached hydrogens (tertiary/aromatic N) is 3. The van der Waals surface area contributed by atoms with Crippen LogP contribution in [0.1, 0.15) is 16.1 Å². The van der Waals surface area contributed by atoms with Gasteiger partial charge >= 0.3 is 0 Å². The van der Waals surface area contributed by atoms with Gasteiger partial charge in [-0.15, -0.1) is 0 Å². The summed E-state index contributed by atoms with van der Waals surface area (Å²) in [5.74, 6) is -0.172. The van der Waals surface area contributed by atoms with Crippen LogP contribution in [0.15, 0.2) is 85.2 Å². The van der Waals surface area contributed by atoms with Crippen molar-refractivity contribution in [1.29, 1.82) is 0 Å². The topological polar surface area (TPSA) is 59.8 Å². The van der Waals surface area contributed by atoms with Gasteiger partial charge in [0.25, 0.3) is 5.91 Å². The van der Waals surface area contributed by atoms with Crippen LogP contribution in [-0.2, 0) is 0 Å². The first-order chi connectivity index (χ1) is 14.2. The lowest BCUT2D eigenvalue weighted by Crippen LogP contribution is -2.12. The molecule has 0 saturated carbocycles. The van der Waals surface area contributed by atoms with E-state index in [1.54, 1.807) is 6.33 Å². The summed E-state index contributed by atoms with van der Waals surface area (Å²) in [6.45, 7) is 1.95. The lowest BCUT2D eigenvalue weighted by molar-refractivity contribution is 0.102. The van der Waals surface area contributed by atoms with Crippen molar-refractivity contribution < 1.29 is 4.79 Å². The minimum Gasteiger partial charge on any atom is -0.321 e. The van der Waals surface area contributed by atoms with Crippen molar-refractivity contribution in [2.75, 3.05) is 5.32 Å².